The van der Waals surface area contributed by atoms with Crippen molar-refractivity contribution < 1.29 is 4.79 Å². The van der Waals surface area contributed by atoms with Gasteiger partial charge in [-0.15, -0.1) is 23.1 Å². The Kier molecular flexibility index (Phi) is 6.71. The second-order valence-electron chi connectivity index (χ2n) is 7.99. The molecule has 2 heterocycles. The Morgan fingerprint density at radius 1 is 1.31 bits per heavy atom. The molecule has 0 radical (unpaired) electrons. The first-order chi connectivity index (χ1) is 15.4. The fraction of sp³-hybridized carbons (Fsp3) is 0.360. The van der Waals surface area contributed by atoms with Crippen molar-refractivity contribution >= 4 is 46.2 Å². The van der Waals surface area contributed by atoms with E-state index >= 15 is 0 Å². The van der Waals surface area contributed by atoms with E-state index < -0.39 is 5.92 Å². The maximum atomic E-state index is 13.3. The molecule has 2 aliphatic rings. The number of carbonyl (C=O) groups excluding carboxylic acids is 1. The zero-order chi connectivity index (χ0) is 23.0. The molecular formula is C25H26ClN3OS2. The van der Waals surface area contributed by atoms with Crippen LogP contribution >= 0.6 is 34.7 Å². The van der Waals surface area contributed by atoms with E-state index in [0.717, 1.165) is 53.1 Å². The maximum Gasteiger partial charge on any atom is 0.161 e. The Bertz CT molecular complexity index is 1190. The molecule has 4 rings (SSSR count). The molecule has 0 saturated heterocycles. The van der Waals surface area contributed by atoms with Crippen molar-refractivity contribution in [2.45, 2.75) is 56.6 Å². The number of carbonyl (C=O) groups is 1. The normalized spacial score (nSPS) is 18.8. The standard InChI is InChI=1S/C25H26ClN3OS2/c1-4-16-12-17(25(32-16)31-5-2)22-18(13-27)24(28)29(15-10-9-14(3)19(26)11-15)20-7-6-8-21(30)23(20)22/h9-12,22H,4-8,28H2,1-3H3/t22-/m0/s1. The number of hydrogen-bond donors (Lipinski definition) is 1. The summed E-state index contributed by atoms with van der Waals surface area (Å²) in [5.74, 6) is 1.02. The van der Waals surface area contributed by atoms with Crippen molar-refractivity contribution in [3.63, 3.8) is 0 Å². The topological polar surface area (TPSA) is 70.1 Å². The van der Waals surface area contributed by atoms with Crippen LogP contribution in [0.1, 0.15) is 55.0 Å². The molecule has 0 fully saturated rings. The predicted octanol–water partition coefficient (Wildman–Crippen LogP) is 6.69. The number of benzene rings is 1. The van der Waals surface area contributed by atoms with E-state index in [1.807, 2.05) is 30.0 Å². The Hall–Kier alpha value is -2.20. The Balaban J connectivity index is 1.97. The van der Waals surface area contributed by atoms with Crippen molar-refractivity contribution in [1.29, 1.82) is 5.26 Å². The van der Waals surface area contributed by atoms with Gasteiger partial charge in [-0.2, -0.15) is 5.26 Å². The van der Waals surface area contributed by atoms with Gasteiger partial charge in [0, 0.05) is 33.3 Å². The van der Waals surface area contributed by atoms with Gasteiger partial charge in [0.15, 0.2) is 5.78 Å². The molecule has 2 N–H and O–H groups in total. The van der Waals surface area contributed by atoms with Crippen LogP contribution in [0.2, 0.25) is 5.02 Å². The number of rotatable bonds is 5. The van der Waals surface area contributed by atoms with Gasteiger partial charge in [-0.1, -0.05) is 31.5 Å². The minimum atomic E-state index is -0.412. The number of nitrogens with two attached hydrogens (primary N) is 1. The van der Waals surface area contributed by atoms with Crippen LogP contribution in [-0.4, -0.2) is 11.5 Å². The first-order valence-corrected chi connectivity index (χ1v) is 13.1. The average molecular weight is 484 g/mol. The predicted molar refractivity (Wildman–Crippen MR) is 134 cm³/mol. The second kappa shape index (κ2) is 9.35. The highest BCUT2D eigenvalue weighted by Gasteiger charge is 2.41. The largest absolute Gasteiger partial charge is 0.384 e. The molecule has 4 nitrogen and oxygen atoms in total. The zero-order valence-corrected chi connectivity index (χ0v) is 20.9. The van der Waals surface area contributed by atoms with E-state index in [1.54, 1.807) is 23.1 Å². The molecule has 0 spiro atoms. The third kappa shape index (κ3) is 3.87. The van der Waals surface area contributed by atoms with Gasteiger partial charge >= 0.3 is 0 Å². The molecular weight excluding hydrogens is 458 g/mol. The van der Waals surface area contributed by atoms with E-state index in [-0.39, 0.29) is 5.78 Å². The summed E-state index contributed by atoms with van der Waals surface area (Å²) in [6, 6.07) is 10.3. The van der Waals surface area contributed by atoms with E-state index in [1.165, 1.54) is 9.09 Å². The Morgan fingerprint density at radius 2 is 2.09 bits per heavy atom. The van der Waals surface area contributed by atoms with Crippen LogP contribution in [0.25, 0.3) is 0 Å². The van der Waals surface area contributed by atoms with Gasteiger partial charge in [0.05, 0.1) is 21.8 Å². The number of thiophene rings is 1. The van der Waals surface area contributed by atoms with Gasteiger partial charge in [0.1, 0.15) is 5.82 Å². The number of ketones is 1. The molecule has 1 aliphatic heterocycles. The number of allylic oxidation sites excluding steroid dienone is 3. The fourth-order valence-corrected chi connectivity index (χ4v) is 7.03. The summed E-state index contributed by atoms with van der Waals surface area (Å²) in [4.78, 5) is 16.5. The SMILES string of the molecule is CCSc1sc(CC)cc1[C@H]1C(C#N)=C(N)N(c2ccc(C)c(Cl)c2)C2=C1C(=O)CCC2. The van der Waals surface area contributed by atoms with Gasteiger partial charge in [-0.05, 0) is 61.3 Å². The van der Waals surface area contributed by atoms with Gasteiger partial charge in [-0.3, -0.25) is 9.69 Å². The summed E-state index contributed by atoms with van der Waals surface area (Å²) in [6.45, 7) is 6.20. The summed E-state index contributed by atoms with van der Waals surface area (Å²) in [7, 11) is 0. The number of anilines is 1. The van der Waals surface area contributed by atoms with Crippen molar-refractivity contribution in [1.82, 2.24) is 0 Å². The minimum absolute atomic E-state index is 0.108. The van der Waals surface area contributed by atoms with Crippen LogP contribution < -0.4 is 10.6 Å². The highest BCUT2D eigenvalue weighted by molar-refractivity contribution is 8.01. The lowest BCUT2D eigenvalue weighted by molar-refractivity contribution is -0.116. The summed E-state index contributed by atoms with van der Waals surface area (Å²) < 4.78 is 1.17. The number of halogens is 1. The zero-order valence-electron chi connectivity index (χ0n) is 18.5. The van der Waals surface area contributed by atoms with E-state index in [9.17, 15) is 10.1 Å². The number of Topliss-reactive ketones (excluding diaryl/α,β-unsaturated/α-hetero) is 1. The van der Waals surface area contributed by atoms with Gasteiger partial charge in [0.25, 0.3) is 0 Å². The molecule has 1 aliphatic carbocycles. The lowest BCUT2D eigenvalue weighted by Crippen LogP contribution is -2.38. The summed E-state index contributed by atoms with van der Waals surface area (Å²) >= 11 is 9.95. The van der Waals surface area contributed by atoms with Crippen LogP contribution in [0.5, 0.6) is 0 Å². The highest BCUT2D eigenvalue weighted by atomic mass is 35.5. The summed E-state index contributed by atoms with van der Waals surface area (Å²) in [5, 5.41) is 10.9. The Morgan fingerprint density at radius 3 is 2.75 bits per heavy atom. The van der Waals surface area contributed by atoms with Crippen LogP contribution in [-0.2, 0) is 11.2 Å². The van der Waals surface area contributed by atoms with Crippen LogP contribution in [0.4, 0.5) is 5.69 Å². The molecule has 0 unspecified atom stereocenters. The summed E-state index contributed by atoms with van der Waals surface area (Å²) in [6.07, 6.45) is 2.93. The molecule has 7 heteroatoms. The number of hydrogen-bond acceptors (Lipinski definition) is 6. The van der Waals surface area contributed by atoms with Crippen LogP contribution in [0.3, 0.4) is 0 Å². The smallest absolute Gasteiger partial charge is 0.161 e. The fourth-order valence-electron chi connectivity index (χ4n) is 4.47. The second-order valence-corrected chi connectivity index (χ2v) is 11.1. The third-order valence-electron chi connectivity index (χ3n) is 6.04. The first-order valence-electron chi connectivity index (χ1n) is 10.9. The van der Waals surface area contributed by atoms with E-state index in [4.69, 9.17) is 17.3 Å². The number of nitriles is 1. The maximum absolute atomic E-state index is 13.3. The van der Waals surface area contributed by atoms with Crippen LogP contribution in [0, 0.1) is 18.3 Å². The van der Waals surface area contributed by atoms with Crippen molar-refractivity contribution in [2.24, 2.45) is 5.73 Å². The van der Waals surface area contributed by atoms with Crippen molar-refractivity contribution in [3.05, 3.63) is 68.0 Å². The van der Waals surface area contributed by atoms with Gasteiger partial charge < -0.3 is 5.73 Å². The van der Waals surface area contributed by atoms with Gasteiger partial charge in [0.2, 0.25) is 0 Å². The molecule has 1 atom stereocenters. The van der Waals surface area contributed by atoms with E-state index in [2.05, 4.69) is 26.0 Å². The molecule has 0 saturated carbocycles. The molecule has 1 aromatic heterocycles. The first kappa shape index (κ1) is 23.0. The molecule has 32 heavy (non-hydrogen) atoms. The van der Waals surface area contributed by atoms with Crippen molar-refractivity contribution in [3.8, 4) is 6.07 Å². The molecule has 166 valence electrons. The Labute approximate surface area is 202 Å². The van der Waals surface area contributed by atoms with Crippen molar-refractivity contribution in [2.75, 3.05) is 10.7 Å². The lowest BCUT2D eigenvalue weighted by Gasteiger charge is -2.39. The minimum Gasteiger partial charge on any atom is -0.384 e. The highest BCUT2D eigenvalue weighted by Crippen LogP contribution is 2.50. The lowest BCUT2D eigenvalue weighted by atomic mass is 9.76. The monoisotopic (exact) mass is 483 g/mol. The van der Waals surface area contributed by atoms with Gasteiger partial charge in [-0.25, -0.2) is 0 Å². The third-order valence-corrected chi connectivity index (χ3v) is 8.92. The quantitative estimate of drug-likeness (QED) is 0.479. The summed E-state index contributed by atoms with van der Waals surface area (Å²) in [5.41, 5.74) is 11.5. The van der Waals surface area contributed by atoms with Crippen LogP contribution in [0.15, 0.2) is 51.1 Å². The number of aryl methyl sites for hydroxylation is 2. The average Bonchev–Trinajstić information content (AvgIpc) is 3.18. The molecule has 2 aromatic rings. The molecule has 1 aromatic carbocycles. The number of thioether (sulfide) groups is 1. The number of nitrogens with zero attached hydrogens (tertiary/aromatic N) is 2. The molecule has 0 amide bonds. The van der Waals surface area contributed by atoms with E-state index in [0.29, 0.717) is 22.8 Å². The molecule has 0 bridgehead atoms.